The van der Waals surface area contributed by atoms with Crippen molar-refractivity contribution in [2.45, 2.75) is 10.9 Å². The van der Waals surface area contributed by atoms with E-state index in [1.165, 1.54) is 54.7 Å². The number of methoxy groups -OCH3 is 1. The topological polar surface area (TPSA) is 140 Å². The molecular weight excluding hydrogens is 436 g/mol. The Bertz CT molecular complexity index is 1310. The number of ketones is 1. The number of ether oxygens (including phenoxy) is 1. The molecule has 164 valence electrons. The lowest BCUT2D eigenvalue weighted by molar-refractivity contribution is -0.117. The Kier molecular flexibility index (Phi) is 5.33. The van der Waals surface area contributed by atoms with E-state index in [2.05, 4.69) is 0 Å². The first-order valence-corrected chi connectivity index (χ1v) is 10.9. The predicted octanol–water partition coefficient (Wildman–Crippen LogP) is 2.72. The van der Waals surface area contributed by atoms with Crippen molar-refractivity contribution in [2.75, 3.05) is 12.0 Å². The lowest BCUT2D eigenvalue weighted by atomic mass is 9.94. The fourth-order valence-electron chi connectivity index (χ4n) is 3.54. The molecule has 1 aromatic heterocycles. The standard InChI is InChI=1S/C22H18N2O7S/c1-30-15-8-4-13(5-9-15)19-18(20(25)17-3-2-12-31-17)21(26)22(27)24(19)14-6-10-16(11-7-14)32(23,28)29/h2-12,19,26H,1H3,(H2,23,28,29). The van der Waals surface area contributed by atoms with E-state index in [-0.39, 0.29) is 21.9 Å². The van der Waals surface area contributed by atoms with Crippen LogP contribution in [-0.2, 0) is 14.8 Å². The average Bonchev–Trinajstić information content (AvgIpc) is 3.40. The van der Waals surface area contributed by atoms with Crippen molar-refractivity contribution < 1.29 is 32.3 Å². The molecule has 1 aliphatic rings. The van der Waals surface area contributed by atoms with E-state index >= 15 is 0 Å². The minimum absolute atomic E-state index is 0.0377. The van der Waals surface area contributed by atoms with E-state index in [9.17, 15) is 23.1 Å². The zero-order valence-corrected chi connectivity index (χ0v) is 17.6. The summed E-state index contributed by atoms with van der Waals surface area (Å²) < 4.78 is 33.5. The zero-order valence-electron chi connectivity index (χ0n) is 16.8. The Morgan fingerprint density at radius 3 is 2.28 bits per heavy atom. The molecule has 0 saturated carbocycles. The number of rotatable bonds is 6. The van der Waals surface area contributed by atoms with E-state index in [0.29, 0.717) is 11.3 Å². The number of anilines is 1. The first-order valence-electron chi connectivity index (χ1n) is 9.34. The van der Waals surface area contributed by atoms with Crippen LogP contribution in [0.2, 0.25) is 0 Å². The third-order valence-electron chi connectivity index (χ3n) is 5.07. The number of aliphatic hydroxyl groups excluding tert-OH is 1. The Morgan fingerprint density at radius 2 is 1.75 bits per heavy atom. The van der Waals surface area contributed by atoms with Gasteiger partial charge in [-0.05, 0) is 54.1 Å². The molecule has 0 saturated heterocycles. The molecule has 3 N–H and O–H groups in total. The van der Waals surface area contributed by atoms with Gasteiger partial charge in [0.05, 0.1) is 29.9 Å². The summed E-state index contributed by atoms with van der Waals surface area (Å²) in [6, 6.07) is 13.8. The van der Waals surface area contributed by atoms with Gasteiger partial charge in [0.25, 0.3) is 5.91 Å². The van der Waals surface area contributed by atoms with Gasteiger partial charge in [0.2, 0.25) is 15.8 Å². The van der Waals surface area contributed by atoms with E-state index < -0.39 is 33.5 Å². The largest absolute Gasteiger partial charge is 0.503 e. The third-order valence-corrected chi connectivity index (χ3v) is 6.00. The summed E-state index contributed by atoms with van der Waals surface area (Å²) in [6.45, 7) is 0. The van der Waals surface area contributed by atoms with Crippen molar-refractivity contribution in [3.8, 4) is 5.75 Å². The highest BCUT2D eigenvalue weighted by atomic mass is 32.2. The normalized spacial score (nSPS) is 16.5. The second kappa shape index (κ2) is 7.98. The number of Topliss-reactive ketones (excluding diaryl/α,β-unsaturated/α-hetero) is 1. The van der Waals surface area contributed by atoms with Gasteiger partial charge in [0.15, 0.2) is 11.5 Å². The highest BCUT2D eigenvalue weighted by molar-refractivity contribution is 7.89. The summed E-state index contributed by atoms with van der Waals surface area (Å²) in [6.07, 6.45) is 1.31. The average molecular weight is 454 g/mol. The summed E-state index contributed by atoms with van der Waals surface area (Å²) >= 11 is 0. The smallest absolute Gasteiger partial charge is 0.294 e. The predicted molar refractivity (Wildman–Crippen MR) is 114 cm³/mol. The number of aliphatic hydroxyl groups is 1. The van der Waals surface area contributed by atoms with Crippen molar-refractivity contribution in [3.05, 3.63) is 89.6 Å². The molecule has 10 heteroatoms. The molecule has 1 amide bonds. The molecule has 1 atom stereocenters. The quantitative estimate of drug-likeness (QED) is 0.546. The van der Waals surface area contributed by atoms with Gasteiger partial charge < -0.3 is 14.3 Å². The van der Waals surface area contributed by atoms with Crippen molar-refractivity contribution in [1.29, 1.82) is 0 Å². The van der Waals surface area contributed by atoms with Crippen LogP contribution in [0.4, 0.5) is 5.69 Å². The van der Waals surface area contributed by atoms with Gasteiger partial charge in [-0.1, -0.05) is 12.1 Å². The molecule has 0 bridgehead atoms. The number of sulfonamides is 1. The molecule has 32 heavy (non-hydrogen) atoms. The maximum atomic E-state index is 13.1. The zero-order chi connectivity index (χ0) is 23.0. The van der Waals surface area contributed by atoms with E-state index in [1.54, 1.807) is 24.3 Å². The van der Waals surface area contributed by atoms with Crippen LogP contribution in [0, 0.1) is 0 Å². The van der Waals surface area contributed by atoms with Crippen LogP contribution in [0.5, 0.6) is 5.75 Å². The number of carbonyl (C=O) groups is 2. The summed E-state index contributed by atoms with van der Waals surface area (Å²) in [5.41, 5.74) is 0.622. The molecule has 2 aromatic carbocycles. The van der Waals surface area contributed by atoms with Gasteiger partial charge in [0, 0.05) is 5.69 Å². The molecule has 1 unspecified atom stereocenters. The number of nitrogens with two attached hydrogens (primary N) is 1. The molecular formula is C22H18N2O7S. The van der Waals surface area contributed by atoms with Crippen LogP contribution in [0.25, 0.3) is 0 Å². The van der Waals surface area contributed by atoms with Crippen molar-refractivity contribution in [2.24, 2.45) is 5.14 Å². The van der Waals surface area contributed by atoms with E-state index in [4.69, 9.17) is 14.3 Å². The van der Waals surface area contributed by atoms with Crippen LogP contribution >= 0.6 is 0 Å². The Hall–Kier alpha value is -3.89. The monoisotopic (exact) mass is 454 g/mol. The van der Waals surface area contributed by atoms with E-state index in [1.807, 2.05) is 0 Å². The Labute approximate surface area is 183 Å². The molecule has 3 aromatic rings. The summed E-state index contributed by atoms with van der Waals surface area (Å²) in [5.74, 6) is -1.66. The van der Waals surface area contributed by atoms with Crippen molar-refractivity contribution in [3.63, 3.8) is 0 Å². The molecule has 0 fully saturated rings. The van der Waals surface area contributed by atoms with Crippen molar-refractivity contribution >= 4 is 27.4 Å². The SMILES string of the molecule is COc1ccc(C2C(C(=O)c3ccco3)=C(O)C(=O)N2c2ccc(S(N)(=O)=O)cc2)cc1. The lowest BCUT2D eigenvalue weighted by Crippen LogP contribution is -2.31. The number of nitrogens with zero attached hydrogens (tertiary/aromatic N) is 1. The second-order valence-corrected chi connectivity index (χ2v) is 8.52. The van der Waals surface area contributed by atoms with Crippen LogP contribution in [-0.4, -0.2) is 32.3 Å². The van der Waals surface area contributed by atoms with E-state index in [0.717, 1.165) is 0 Å². The van der Waals surface area contributed by atoms with Gasteiger partial charge in [-0.2, -0.15) is 0 Å². The first-order chi connectivity index (χ1) is 15.2. The number of furan rings is 1. The minimum atomic E-state index is -3.94. The Balaban J connectivity index is 1.85. The highest BCUT2D eigenvalue weighted by Crippen LogP contribution is 2.42. The number of benzene rings is 2. The molecule has 1 aliphatic heterocycles. The number of carbonyl (C=O) groups excluding carboxylic acids is 2. The first kappa shape index (κ1) is 21.3. The summed E-state index contributed by atoms with van der Waals surface area (Å²) in [4.78, 5) is 27.2. The highest BCUT2D eigenvalue weighted by Gasteiger charge is 2.45. The fraction of sp³-hybridized carbons (Fsp3) is 0.0909. The maximum Gasteiger partial charge on any atom is 0.294 e. The van der Waals surface area contributed by atoms with Gasteiger partial charge in [0.1, 0.15) is 5.75 Å². The molecule has 4 rings (SSSR count). The Morgan fingerprint density at radius 1 is 1.09 bits per heavy atom. The number of hydrogen-bond donors (Lipinski definition) is 2. The van der Waals surface area contributed by atoms with Gasteiger partial charge in [-0.25, -0.2) is 13.6 Å². The summed E-state index contributed by atoms with van der Waals surface area (Å²) in [7, 11) is -2.43. The minimum Gasteiger partial charge on any atom is -0.503 e. The van der Waals surface area contributed by atoms with Crippen LogP contribution in [0.3, 0.4) is 0 Å². The number of primary sulfonamides is 1. The fourth-order valence-corrected chi connectivity index (χ4v) is 4.06. The molecule has 0 aliphatic carbocycles. The van der Waals surface area contributed by atoms with Gasteiger partial charge in [-0.3, -0.25) is 14.5 Å². The van der Waals surface area contributed by atoms with Crippen LogP contribution in [0.15, 0.2) is 87.6 Å². The van der Waals surface area contributed by atoms with Crippen molar-refractivity contribution in [1.82, 2.24) is 0 Å². The van der Waals surface area contributed by atoms with Gasteiger partial charge >= 0.3 is 0 Å². The summed E-state index contributed by atoms with van der Waals surface area (Å²) in [5, 5.41) is 15.8. The third kappa shape index (κ3) is 3.66. The molecule has 0 spiro atoms. The maximum absolute atomic E-state index is 13.1. The number of hydrogen-bond acceptors (Lipinski definition) is 7. The van der Waals surface area contributed by atoms with Crippen LogP contribution < -0.4 is 14.8 Å². The molecule has 9 nitrogen and oxygen atoms in total. The number of amides is 1. The lowest BCUT2D eigenvalue weighted by Gasteiger charge is -2.27. The molecule has 0 radical (unpaired) electrons. The second-order valence-electron chi connectivity index (χ2n) is 6.96. The molecule has 2 heterocycles. The van der Waals surface area contributed by atoms with Gasteiger partial charge in [-0.15, -0.1) is 0 Å². The van der Waals surface area contributed by atoms with Crippen LogP contribution in [0.1, 0.15) is 22.2 Å².